The number of rotatable bonds is 9. The van der Waals surface area contributed by atoms with Gasteiger partial charge in [-0.25, -0.2) is 4.79 Å². The molecular weight excluding hydrogens is 476 g/mol. The summed E-state index contributed by atoms with van der Waals surface area (Å²) >= 11 is 0. The lowest BCUT2D eigenvalue weighted by Crippen LogP contribution is -2.67. The van der Waals surface area contributed by atoms with Crippen molar-refractivity contribution in [3.63, 3.8) is 0 Å². The highest BCUT2D eigenvalue weighted by Crippen LogP contribution is 2.38. The van der Waals surface area contributed by atoms with Gasteiger partial charge < -0.3 is 14.4 Å². The van der Waals surface area contributed by atoms with E-state index in [2.05, 4.69) is 111 Å². The molecule has 3 aromatic rings. The second-order valence-corrected chi connectivity index (χ2v) is 15.5. The van der Waals surface area contributed by atoms with Gasteiger partial charge in [0, 0.05) is 32.2 Å². The summed E-state index contributed by atoms with van der Waals surface area (Å²) in [6.45, 7) is 8.82. The molecule has 1 saturated heterocycles. The predicted molar refractivity (Wildman–Crippen MR) is 153 cm³/mol. The first kappa shape index (κ1) is 27.1. The molecule has 0 aliphatic carbocycles. The van der Waals surface area contributed by atoms with Gasteiger partial charge in [-0.05, 0) is 33.8 Å². The molecular formula is C31H40N2O3Si. The molecule has 1 heterocycles. The first-order valence-electron chi connectivity index (χ1n) is 13.2. The highest BCUT2D eigenvalue weighted by molar-refractivity contribution is 6.99. The molecule has 1 aliphatic heterocycles. The summed E-state index contributed by atoms with van der Waals surface area (Å²) in [6, 6.07) is 32.4. The molecule has 37 heavy (non-hydrogen) atoms. The van der Waals surface area contributed by atoms with Gasteiger partial charge in [-0.15, -0.1) is 0 Å². The molecule has 0 bridgehead atoms. The molecule has 0 saturated carbocycles. The molecule has 2 atom stereocenters. The lowest BCUT2D eigenvalue weighted by molar-refractivity contribution is 0.103. The number of likely N-dealkylation sites (N-methyl/N-ethyl adjacent to an activating group) is 1. The molecule has 5 nitrogen and oxygen atoms in total. The zero-order chi connectivity index (χ0) is 26.5. The third-order valence-electron chi connectivity index (χ3n) is 7.70. The number of likely N-dealkylation sites (tertiary alicyclic amines) is 1. The number of benzene rings is 3. The van der Waals surface area contributed by atoms with Crippen LogP contribution in [-0.4, -0.2) is 61.6 Å². The van der Waals surface area contributed by atoms with Crippen molar-refractivity contribution in [3.8, 4) is 0 Å². The van der Waals surface area contributed by atoms with Crippen molar-refractivity contribution < 1.29 is 14.3 Å². The Hall–Kier alpha value is -2.93. The number of nitrogens with zero attached hydrogens (tertiary/aromatic N) is 2. The molecule has 0 radical (unpaired) electrons. The second kappa shape index (κ2) is 11.6. The van der Waals surface area contributed by atoms with Gasteiger partial charge in [-0.1, -0.05) is 112 Å². The van der Waals surface area contributed by atoms with Gasteiger partial charge in [-0.3, -0.25) is 4.90 Å². The van der Waals surface area contributed by atoms with Crippen molar-refractivity contribution in [3.05, 3.63) is 96.6 Å². The third-order valence-corrected chi connectivity index (χ3v) is 12.7. The van der Waals surface area contributed by atoms with Crippen LogP contribution < -0.4 is 10.4 Å². The van der Waals surface area contributed by atoms with Crippen LogP contribution in [0, 0.1) is 0 Å². The third kappa shape index (κ3) is 5.98. The van der Waals surface area contributed by atoms with Crippen LogP contribution in [0.25, 0.3) is 0 Å². The molecule has 6 heteroatoms. The van der Waals surface area contributed by atoms with Gasteiger partial charge in [0.05, 0.1) is 6.61 Å². The average Bonchev–Trinajstić information content (AvgIpc) is 3.26. The van der Waals surface area contributed by atoms with Crippen molar-refractivity contribution in [1.82, 2.24) is 9.80 Å². The first-order valence-corrected chi connectivity index (χ1v) is 15.1. The fourth-order valence-corrected chi connectivity index (χ4v) is 10.4. The lowest BCUT2D eigenvalue weighted by atomic mass is 10.1. The smallest absolute Gasteiger partial charge is 0.407 e. The van der Waals surface area contributed by atoms with E-state index in [-0.39, 0.29) is 17.1 Å². The molecule has 1 amide bonds. The molecule has 2 unspecified atom stereocenters. The van der Waals surface area contributed by atoms with E-state index >= 15 is 0 Å². The zero-order valence-electron chi connectivity index (χ0n) is 22.5. The Morgan fingerprint density at radius 3 is 1.86 bits per heavy atom. The maximum Gasteiger partial charge on any atom is 0.407 e. The van der Waals surface area contributed by atoms with E-state index in [1.807, 2.05) is 6.07 Å². The lowest BCUT2D eigenvalue weighted by Gasteiger charge is -2.44. The Morgan fingerprint density at radius 1 is 0.892 bits per heavy atom. The number of amides is 1. The molecule has 3 aromatic carbocycles. The minimum Gasteiger partial charge on any atom is -0.465 e. The van der Waals surface area contributed by atoms with Crippen LogP contribution in [0.5, 0.6) is 0 Å². The van der Waals surface area contributed by atoms with Gasteiger partial charge in [0.2, 0.25) is 0 Å². The predicted octanol–water partition coefficient (Wildman–Crippen LogP) is 5.21. The molecule has 4 rings (SSSR count). The van der Waals surface area contributed by atoms with Crippen LogP contribution in [0.4, 0.5) is 4.79 Å². The van der Waals surface area contributed by atoms with Crippen molar-refractivity contribution in [2.75, 3.05) is 20.2 Å². The summed E-state index contributed by atoms with van der Waals surface area (Å²) in [4.78, 5) is 15.5. The van der Waals surface area contributed by atoms with Crippen LogP contribution in [0.1, 0.15) is 39.2 Å². The van der Waals surface area contributed by atoms with E-state index in [9.17, 15) is 9.90 Å². The van der Waals surface area contributed by atoms with E-state index in [4.69, 9.17) is 4.43 Å². The highest BCUT2D eigenvalue weighted by atomic mass is 28.4. The van der Waals surface area contributed by atoms with E-state index in [1.165, 1.54) is 20.8 Å². The minimum absolute atomic E-state index is 0.0818. The fraction of sp³-hybridized carbons (Fsp3) is 0.387. The summed E-state index contributed by atoms with van der Waals surface area (Å²) in [6.07, 6.45) is 1.06. The molecule has 1 aliphatic rings. The van der Waals surface area contributed by atoms with Gasteiger partial charge >= 0.3 is 6.09 Å². The van der Waals surface area contributed by atoms with Crippen molar-refractivity contribution in [2.45, 2.75) is 57.3 Å². The van der Waals surface area contributed by atoms with Gasteiger partial charge in [0.15, 0.2) is 0 Å². The van der Waals surface area contributed by atoms with E-state index < -0.39 is 14.4 Å². The van der Waals surface area contributed by atoms with Crippen LogP contribution in [-0.2, 0) is 11.0 Å². The Morgan fingerprint density at radius 2 is 1.38 bits per heavy atom. The molecule has 0 spiro atoms. The molecule has 196 valence electrons. The van der Waals surface area contributed by atoms with E-state index in [1.54, 1.807) is 7.05 Å². The van der Waals surface area contributed by atoms with Crippen LogP contribution >= 0.6 is 0 Å². The summed E-state index contributed by atoms with van der Waals surface area (Å²) in [7, 11) is -0.980. The van der Waals surface area contributed by atoms with E-state index in [0.717, 1.165) is 19.4 Å². The second-order valence-electron chi connectivity index (χ2n) is 11.2. The van der Waals surface area contributed by atoms with Crippen molar-refractivity contribution in [1.29, 1.82) is 0 Å². The summed E-state index contributed by atoms with van der Waals surface area (Å²) in [5.74, 6) is 0. The summed E-state index contributed by atoms with van der Waals surface area (Å²) in [5.41, 5.74) is 1.24. The molecule has 1 fully saturated rings. The van der Waals surface area contributed by atoms with Crippen molar-refractivity contribution in [2.24, 2.45) is 0 Å². The van der Waals surface area contributed by atoms with E-state index in [0.29, 0.717) is 13.2 Å². The number of carboxylic acid groups (broad SMARTS) is 1. The zero-order valence-corrected chi connectivity index (χ0v) is 23.5. The summed E-state index contributed by atoms with van der Waals surface area (Å²) in [5, 5.41) is 12.0. The molecule has 1 N–H and O–H groups in total. The van der Waals surface area contributed by atoms with Crippen LogP contribution in [0.15, 0.2) is 91.0 Å². The van der Waals surface area contributed by atoms with Gasteiger partial charge in [0.1, 0.15) is 0 Å². The first-order chi connectivity index (χ1) is 17.7. The number of hydrogen-bond acceptors (Lipinski definition) is 3. The normalized spacial score (nSPS) is 18.6. The quantitative estimate of drug-likeness (QED) is 0.397. The minimum atomic E-state index is -2.64. The maximum atomic E-state index is 11.6. The SMILES string of the molecule is CN(CC1CCC(CO[Si](c2ccccc2)(c2ccccc2)C(C)(C)C)N1Cc1ccccc1)C(=O)O. The fourth-order valence-electron chi connectivity index (χ4n) is 5.82. The number of carbonyl (C=O) groups is 1. The van der Waals surface area contributed by atoms with Crippen LogP contribution in [0.3, 0.4) is 0 Å². The Kier molecular flexibility index (Phi) is 8.52. The molecule has 0 aromatic heterocycles. The Bertz CT molecular complexity index is 1100. The Balaban J connectivity index is 1.66. The largest absolute Gasteiger partial charge is 0.465 e. The standard InChI is InChI=1S/C31H40N2O3Si/c1-31(2,3)37(28-16-10-6-11-17-28,29-18-12-7-13-19-29)36-24-27-21-20-26(23-32(4)30(34)35)33(27)22-25-14-8-5-9-15-25/h5-19,26-27H,20-24H2,1-4H3,(H,34,35). The monoisotopic (exact) mass is 516 g/mol. The summed E-state index contributed by atoms with van der Waals surface area (Å²) < 4.78 is 7.29. The maximum absolute atomic E-state index is 11.6. The Labute approximate surface area is 222 Å². The van der Waals surface area contributed by atoms with Gasteiger partial charge in [0.25, 0.3) is 8.32 Å². The van der Waals surface area contributed by atoms with Crippen molar-refractivity contribution >= 4 is 24.8 Å². The number of hydrogen-bond donors (Lipinski definition) is 1. The van der Waals surface area contributed by atoms with Gasteiger partial charge in [-0.2, -0.15) is 0 Å². The van der Waals surface area contributed by atoms with Crippen LogP contribution in [0.2, 0.25) is 5.04 Å². The highest BCUT2D eigenvalue weighted by Gasteiger charge is 2.51. The average molecular weight is 517 g/mol. The topological polar surface area (TPSA) is 53.0 Å².